The van der Waals surface area contributed by atoms with E-state index in [0.717, 1.165) is 15.7 Å². The number of rotatable bonds is 6. The Balaban J connectivity index is 1.87. The van der Waals surface area contributed by atoms with Crippen molar-refractivity contribution in [1.82, 2.24) is 18.7 Å². The lowest BCUT2D eigenvalue weighted by molar-refractivity contribution is -0.158. The molecule has 0 saturated carbocycles. The molecule has 0 saturated heterocycles. The van der Waals surface area contributed by atoms with E-state index >= 15 is 0 Å². The Labute approximate surface area is 197 Å². The normalized spacial score (nSPS) is 11.7. The van der Waals surface area contributed by atoms with Crippen LogP contribution in [0.1, 0.15) is 18.1 Å². The first-order chi connectivity index (χ1) is 15.9. The lowest BCUT2D eigenvalue weighted by atomic mass is 10.1. The average molecular weight is 491 g/mol. The van der Waals surface area contributed by atoms with Gasteiger partial charge < -0.3 is 9.47 Å². The van der Waals surface area contributed by atoms with Gasteiger partial charge in [0, 0.05) is 32.1 Å². The van der Waals surface area contributed by atoms with Crippen molar-refractivity contribution in [3.05, 3.63) is 79.5 Å². The fraction of sp³-hybridized carbons (Fsp3) is 0.261. The maximum atomic E-state index is 13.3. The molecule has 0 spiro atoms. The summed E-state index contributed by atoms with van der Waals surface area (Å²) in [5, 5.41) is 0.596. The van der Waals surface area contributed by atoms with Gasteiger partial charge in [-0.25, -0.2) is 4.79 Å². The number of benzene rings is 2. The zero-order valence-electron chi connectivity index (χ0n) is 18.8. The van der Waals surface area contributed by atoms with Gasteiger partial charge in [-0.05, 0) is 36.2 Å². The Bertz CT molecular complexity index is 1520. The zero-order valence-corrected chi connectivity index (χ0v) is 19.6. The van der Waals surface area contributed by atoms with Crippen LogP contribution < -0.4 is 20.7 Å². The van der Waals surface area contributed by atoms with Crippen molar-refractivity contribution in [3.8, 4) is 17.5 Å². The van der Waals surface area contributed by atoms with Crippen molar-refractivity contribution in [2.24, 2.45) is 14.1 Å². The Kier molecular flexibility index (Phi) is 5.94. The quantitative estimate of drug-likeness (QED) is 0.404. The summed E-state index contributed by atoms with van der Waals surface area (Å²) in [6.45, 7) is 2.66. The highest BCUT2D eigenvalue weighted by atomic mass is 35.5. The van der Waals surface area contributed by atoms with Crippen LogP contribution in [0.4, 0.5) is 8.78 Å². The summed E-state index contributed by atoms with van der Waals surface area (Å²) in [4.78, 5) is 29.8. The molecule has 0 aliphatic rings. The van der Waals surface area contributed by atoms with Gasteiger partial charge in [-0.3, -0.25) is 18.5 Å². The second-order valence-electron chi connectivity index (χ2n) is 7.93. The number of aromatic nitrogens is 4. The Morgan fingerprint density at radius 3 is 2.44 bits per heavy atom. The summed E-state index contributed by atoms with van der Waals surface area (Å²) in [5.74, 6) is 0.0525. The minimum atomic E-state index is -3.37. The van der Waals surface area contributed by atoms with Gasteiger partial charge in [0.1, 0.15) is 11.5 Å². The van der Waals surface area contributed by atoms with E-state index < -0.39 is 17.4 Å². The highest BCUT2D eigenvalue weighted by molar-refractivity contribution is 6.31. The lowest BCUT2D eigenvalue weighted by Crippen LogP contribution is -2.37. The van der Waals surface area contributed by atoms with Crippen LogP contribution in [-0.4, -0.2) is 24.8 Å². The van der Waals surface area contributed by atoms with E-state index in [1.807, 2.05) is 13.0 Å². The third-order valence-corrected chi connectivity index (χ3v) is 5.61. The van der Waals surface area contributed by atoms with Gasteiger partial charge in [-0.2, -0.15) is 13.8 Å². The molecule has 0 atom stereocenters. The zero-order chi connectivity index (χ0) is 24.8. The molecule has 0 bridgehead atoms. The predicted molar refractivity (Wildman–Crippen MR) is 123 cm³/mol. The molecule has 0 N–H and O–H groups in total. The summed E-state index contributed by atoms with van der Waals surface area (Å²) in [6, 6.07) is 11.1. The van der Waals surface area contributed by atoms with E-state index in [-0.39, 0.29) is 35.2 Å². The molecular weight excluding hydrogens is 470 g/mol. The third kappa shape index (κ3) is 4.54. The van der Waals surface area contributed by atoms with Gasteiger partial charge in [-0.1, -0.05) is 29.8 Å². The molecular formula is C23H21ClF2N4O4. The minimum absolute atomic E-state index is 0.00121. The SMILES string of the molecule is Cc1cc(Cn2c(Oc3cccc(OC(C)(F)F)c3)nc3c2c(=O)n(C)c(=O)n3C)ccc1Cl. The van der Waals surface area contributed by atoms with Crippen LogP contribution in [0, 0.1) is 6.92 Å². The Morgan fingerprint density at radius 2 is 1.76 bits per heavy atom. The van der Waals surface area contributed by atoms with E-state index in [1.54, 1.807) is 12.1 Å². The number of imidazole rings is 1. The number of ether oxygens (including phenoxy) is 2. The maximum Gasteiger partial charge on any atom is 0.394 e. The van der Waals surface area contributed by atoms with Crippen molar-refractivity contribution < 1.29 is 18.3 Å². The van der Waals surface area contributed by atoms with Crippen LogP contribution in [0.2, 0.25) is 5.02 Å². The van der Waals surface area contributed by atoms with E-state index in [9.17, 15) is 18.4 Å². The molecule has 178 valence electrons. The number of halogens is 3. The molecule has 0 radical (unpaired) electrons. The van der Waals surface area contributed by atoms with Gasteiger partial charge in [0.25, 0.3) is 5.56 Å². The van der Waals surface area contributed by atoms with Crippen molar-refractivity contribution in [2.75, 3.05) is 0 Å². The van der Waals surface area contributed by atoms with Gasteiger partial charge in [-0.15, -0.1) is 0 Å². The summed E-state index contributed by atoms with van der Waals surface area (Å²) < 4.78 is 40.8. The summed E-state index contributed by atoms with van der Waals surface area (Å²) in [5.41, 5.74) is 0.841. The minimum Gasteiger partial charge on any atom is -0.433 e. The molecule has 4 aromatic rings. The van der Waals surface area contributed by atoms with E-state index in [0.29, 0.717) is 11.9 Å². The van der Waals surface area contributed by atoms with Crippen molar-refractivity contribution in [3.63, 3.8) is 0 Å². The summed E-state index contributed by atoms with van der Waals surface area (Å²) >= 11 is 6.14. The number of fused-ring (bicyclic) bond motifs is 1. The van der Waals surface area contributed by atoms with Gasteiger partial charge in [0.15, 0.2) is 11.2 Å². The van der Waals surface area contributed by atoms with Crippen molar-refractivity contribution in [1.29, 1.82) is 0 Å². The standard InChI is InChI=1S/C23H21ClF2N4O4/c1-13-10-14(8-9-17(13)24)12-30-18-19(28(3)22(32)29(4)20(18)31)27-21(30)33-15-6-5-7-16(11-15)34-23(2,25)26/h5-11H,12H2,1-4H3. The molecule has 34 heavy (non-hydrogen) atoms. The largest absolute Gasteiger partial charge is 0.433 e. The van der Waals surface area contributed by atoms with E-state index in [1.165, 1.54) is 47.5 Å². The Hall–Kier alpha value is -3.66. The molecule has 11 heteroatoms. The summed E-state index contributed by atoms with van der Waals surface area (Å²) in [7, 11) is 2.87. The second-order valence-corrected chi connectivity index (χ2v) is 8.34. The van der Waals surface area contributed by atoms with Crippen LogP contribution >= 0.6 is 11.6 Å². The molecule has 2 aromatic carbocycles. The predicted octanol–water partition coefficient (Wildman–Crippen LogP) is 4.23. The third-order valence-electron chi connectivity index (χ3n) is 5.19. The van der Waals surface area contributed by atoms with Crippen LogP contribution in [0.3, 0.4) is 0 Å². The smallest absolute Gasteiger partial charge is 0.394 e. The van der Waals surface area contributed by atoms with Crippen LogP contribution in [-0.2, 0) is 20.6 Å². The molecule has 0 fully saturated rings. The van der Waals surface area contributed by atoms with Crippen LogP contribution in [0.15, 0.2) is 52.1 Å². The monoisotopic (exact) mass is 490 g/mol. The van der Waals surface area contributed by atoms with Crippen LogP contribution in [0.5, 0.6) is 17.5 Å². The van der Waals surface area contributed by atoms with E-state index in [4.69, 9.17) is 16.3 Å². The number of aryl methyl sites for hydroxylation is 2. The summed E-state index contributed by atoms with van der Waals surface area (Å²) in [6.07, 6.45) is -3.37. The molecule has 0 amide bonds. The van der Waals surface area contributed by atoms with Gasteiger partial charge in [0.2, 0.25) is 0 Å². The molecule has 2 heterocycles. The maximum absolute atomic E-state index is 13.3. The molecule has 4 rings (SSSR count). The van der Waals surface area contributed by atoms with Gasteiger partial charge >= 0.3 is 17.8 Å². The average Bonchev–Trinajstić information content (AvgIpc) is 3.10. The first-order valence-corrected chi connectivity index (χ1v) is 10.6. The molecule has 8 nitrogen and oxygen atoms in total. The highest BCUT2D eigenvalue weighted by Gasteiger charge is 2.24. The molecule has 0 unspecified atom stereocenters. The van der Waals surface area contributed by atoms with E-state index in [2.05, 4.69) is 9.72 Å². The van der Waals surface area contributed by atoms with Crippen LogP contribution in [0.25, 0.3) is 11.2 Å². The Morgan fingerprint density at radius 1 is 1.06 bits per heavy atom. The second kappa shape index (κ2) is 8.60. The lowest BCUT2D eigenvalue weighted by Gasteiger charge is -2.14. The number of hydrogen-bond acceptors (Lipinski definition) is 5. The fourth-order valence-corrected chi connectivity index (χ4v) is 3.67. The molecule has 0 aliphatic carbocycles. The number of hydrogen-bond donors (Lipinski definition) is 0. The number of nitrogens with zero attached hydrogens (tertiary/aromatic N) is 4. The first-order valence-electron chi connectivity index (χ1n) is 10.2. The molecule has 0 aliphatic heterocycles. The fourth-order valence-electron chi connectivity index (χ4n) is 3.55. The van der Waals surface area contributed by atoms with Gasteiger partial charge in [0.05, 0.1) is 6.54 Å². The number of alkyl halides is 2. The van der Waals surface area contributed by atoms with Crippen molar-refractivity contribution >= 4 is 22.8 Å². The van der Waals surface area contributed by atoms with Crippen molar-refractivity contribution in [2.45, 2.75) is 26.5 Å². The first kappa shape index (κ1) is 23.5. The molecule has 2 aromatic heterocycles. The highest BCUT2D eigenvalue weighted by Crippen LogP contribution is 2.30. The topological polar surface area (TPSA) is 80.3 Å².